The highest BCUT2D eigenvalue weighted by atomic mass is 35.5. The van der Waals surface area contributed by atoms with Crippen molar-refractivity contribution in [3.63, 3.8) is 0 Å². The fraction of sp³-hybridized carbons (Fsp3) is 0.400. The molecule has 1 aromatic carbocycles. The van der Waals surface area contributed by atoms with Crippen molar-refractivity contribution in [1.29, 1.82) is 0 Å². The van der Waals surface area contributed by atoms with E-state index in [2.05, 4.69) is 10.3 Å². The lowest BCUT2D eigenvalue weighted by Crippen LogP contribution is -2.49. The Morgan fingerprint density at radius 2 is 2.00 bits per heavy atom. The summed E-state index contributed by atoms with van der Waals surface area (Å²) >= 11 is 6.37. The molecule has 1 aromatic heterocycles. The molecule has 6 heteroatoms. The van der Waals surface area contributed by atoms with Gasteiger partial charge >= 0.3 is 0 Å². The zero-order chi connectivity index (χ0) is 18.1. The first-order chi connectivity index (χ1) is 12.6. The van der Waals surface area contributed by atoms with Crippen LogP contribution in [-0.4, -0.2) is 35.4 Å². The van der Waals surface area contributed by atoms with Gasteiger partial charge in [0.1, 0.15) is 5.56 Å². The maximum absolute atomic E-state index is 13.2. The van der Waals surface area contributed by atoms with E-state index < -0.39 is 0 Å². The summed E-state index contributed by atoms with van der Waals surface area (Å²) in [5.74, 6) is -0.217. The van der Waals surface area contributed by atoms with Crippen LogP contribution in [0.15, 0.2) is 35.1 Å². The average Bonchev–Trinajstić information content (AvgIpc) is 2.67. The molecule has 1 saturated heterocycles. The van der Waals surface area contributed by atoms with Crippen LogP contribution in [0.25, 0.3) is 0 Å². The van der Waals surface area contributed by atoms with Crippen molar-refractivity contribution >= 4 is 17.5 Å². The summed E-state index contributed by atoms with van der Waals surface area (Å²) in [6.45, 7) is 1.87. The summed E-state index contributed by atoms with van der Waals surface area (Å²) in [6.07, 6.45) is 3.99. The highest BCUT2D eigenvalue weighted by Crippen LogP contribution is 2.29. The van der Waals surface area contributed by atoms with Gasteiger partial charge in [-0.25, -0.2) is 0 Å². The van der Waals surface area contributed by atoms with Gasteiger partial charge in [-0.2, -0.15) is 0 Å². The first-order valence-electron chi connectivity index (χ1n) is 9.16. The van der Waals surface area contributed by atoms with Gasteiger partial charge in [0.25, 0.3) is 11.5 Å². The Hall–Kier alpha value is -2.11. The summed E-state index contributed by atoms with van der Waals surface area (Å²) in [5.41, 5.74) is 2.95. The lowest BCUT2D eigenvalue weighted by atomic mass is 9.94. The number of rotatable bonds is 2. The maximum atomic E-state index is 13.2. The van der Waals surface area contributed by atoms with E-state index in [0.29, 0.717) is 24.7 Å². The van der Waals surface area contributed by atoms with Crippen molar-refractivity contribution in [3.8, 4) is 0 Å². The molecule has 2 heterocycles. The number of fused-ring (bicyclic) bond motifs is 1. The third-order valence-electron chi connectivity index (χ3n) is 5.34. The van der Waals surface area contributed by atoms with E-state index in [0.717, 1.165) is 42.5 Å². The second-order valence-electron chi connectivity index (χ2n) is 6.96. The van der Waals surface area contributed by atoms with Gasteiger partial charge in [-0.15, -0.1) is 0 Å². The van der Waals surface area contributed by atoms with Gasteiger partial charge in [-0.3, -0.25) is 9.59 Å². The van der Waals surface area contributed by atoms with Crippen LogP contribution in [0.4, 0.5) is 0 Å². The minimum Gasteiger partial charge on any atom is -0.329 e. The maximum Gasteiger partial charge on any atom is 0.261 e. The van der Waals surface area contributed by atoms with E-state index in [1.807, 2.05) is 24.3 Å². The zero-order valence-corrected chi connectivity index (χ0v) is 15.3. The monoisotopic (exact) mass is 371 g/mol. The number of aryl methyl sites for hydroxylation is 2. The third-order valence-corrected chi connectivity index (χ3v) is 5.68. The van der Waals surface area contributed by atoms with E-state index in [1.54, 1.807) is 11.0 Å². The predicted molar refractivity (Wildman–Crippen MR) is 102 cm³/mol. The summed E-state index contributed by atoms with van der Waals surface area (Å²) in [7, 11) is 0. The first kappa shape index (κ1) is 17.3. The third kappa shape index (κ3) is 3.17. The number of benzene rings is 1. The number of nitrogens with zero attached hydrogens (tertiary/aromatic N) is 1. The number of aromatic nitrogens is 1. The molecule has 0 radical (unpaired) electrons. The number of piperazine rings is 1. The van der Waals surface area contributed by atoms with Crippen molar-refractivity contribution in [1.82, 2.24) is 15.2 Å². The van der Waals surface area contributed by atoms with Gasteiger partial charge < -0.3 is 15.2 Å². The van der Waals surface area contributed by atoms with Crippen molar-refractivity contribution < 1.29 is 4.79 Å². The van der Waals surface area contributed by atoms with Gasteiger partial charge in [0.2, 0.25) is 0 Å². The molecule has 4 rings (SSSR count). The van der Waals surface area contributed by atoms with Crippen LogP contribution in [0, 0.1) is 0 Å². The SMILES string of the molecule is O=C(c1cc2c([nH]c1=O)CCCC2)N1CCNCC1c1ccccc1Cl. The molecule has 1 unspecified atom stereocenters. The van der Waals surface area contributed by atoms with Gasteiger partial charge in [-0.05, 0) is 48.9 Å². The van der Waals surface area contributed by atoms with Gasteiger partial charge in [0.05, 0.1) is 6.04 Å². The molecule has 2 aromatic rings. The van der Waals surface area contributed by atoms with Gasteiger partial charge in [-0.1, -0.05) is 29.8 Å². The van der Waals surface area contributed by atoms with Crippen molar-refractivity contribution in [2.75, 3.05) is 19.6 Å². The molecular formula is C20H22ClN3O2. The van der Waals surface area contributed by atoms with Crippen molar-refractivity contribution in [2.45, 2.75) is 31.7 Å². The Kier molecular flexibility index (Phi) is 4.83. The fourth-order valence-electron chi connectivity index (χ4n) is 3.96. The molecule has 26 heavy (non-hydrogen) atoms. The van der Waals surface area contributed by atoms with Crippen LogP contribution in [-0.2, 0) is 12.8 Å². The molecular weight excluding hydrogens is 350 g/mol. The summed E-state index contributed by atoms with van der Waals surface area (Å²) in [5, 5.41) is 3.96. The van der Waals surface area contributed by atoms with Crippen LogP contribution in [0.1, 0.15) is 46.1 Å². The minimum atomic E-state index is -0.285. The number of hydrogen-bond donors (Lipinski definition) is 2. The summed E-state index contributed by atoms with van der Waals surface area (Å²) in [4.78, 5) is 30.5. The Balaban J connectivity index is 1.70. The largest absolute Gasteiger partial charge is 0.329 e. The zero-order valence-electron chi connectivity index (χ0n) is 14.6. The first-order valence-corrected chi connectivity index (χ1v) is 9.54. The molecule has 0 spiro atoms. The van der Waals surface area contributed by atoms with Crippen LogP contribution in [0.3, 0.4) is 0 Å². The number of H-pyrrole nitrogens is 1. The number of aromatic amines is 1. The number of carbonyl (C=O) groups excluding carboxylic acids is 1. The molecule has 0 saturated carbocycles. The smallest absolute Gasteiger partial charge is 0.261 e. The van der Waals surface area contributed by atoms with E-state index in [1.165, 1.54) is 0 Å². The standard InChI is InChI=1S/C20H22ClN3O2/c21-16-7-3-2-6-14(16)18-12-22-9-10-24(18)20(26)15-11-13-5-1-4-8-17(13)23-19(15)25/h2-3,6-7,11,18,22H,1,4-5,8-10,12H2,(H,23,25). The molecule has 1 fully saturated rings. The topological polar surface area (TPSA) is 65.2 Å². The Labute approximate surface area is 157 Å². The molecule has 2 N–H and O–H groups in total. The van der Waals surface area contributed by atoms with Crippen LogP contribution < -0.4 is 10.9 Å². The van der Waals surface area contributed by atoms with E-state index in [-0.39, 0.29) is 23.1 Å². The molecule has 1 aliphatic carbocycles. The summed E-state index contributed by atoms with van der Waals surface area (Å²) in [6, 6.07) is 9.20. The highest BCUT2D eigenvalue weighted by molar-refractivity contribution is 6.31. The molecule has 136 valence electrons. The van der Waals surface area contributed by atoms with Gasteiger partial charge in [0, 0.05) is 30.4 Å². The average molecular weight is 372 g/mol. The second kappa shape index (κ2) is 7.25. The molecule has 1 amide bonds. The molecule has 5 nitrogen and oxygen atoms in total. The van der Waals surface area contributed by atoms with Crippen molar-refractivity contribution in [2.24, 2.45) is 0 Å². The number of amides is 1. The van der Waals surface area contributed by atoms with E-state index in [4.69, 9.17) is 11.6 Å². The van der Waals surface area contributed by atoms with Crippen LogP contribution in [0.2, 0.25) is 5.02 Å². The van der Waals surface area contributed by atoms with Crippen LogP contribution >= 0.6 is 11.6 Å². The minimum absolute atomic E-state index is 0.180. The number of carbonyl (C=O) groups is 1. The van der Waals surface area contributed by atoms with E-state index in [9.17, 15) is 9.59 Å². The van der Waals surface area contributed by atoms with E-state index >= 15 is 0 Å². The number of halogens is 1. The highest BCUT2D eigenvalue weighted by Gasteiger charge is 2.31. The quantitative estimate of drug-likeness (QED) is 0.853. The van der Waals surface area contributed by atoms with Crippen molar-refractivity contribution in [3.05, 3.63) is 68.1 Å². The normalized spacial score (nSPS) is 19.9. The molecule has 1 atom stereocenters. The molecule has 1 aliphatic heterocycles. The number of pyridine rings is 1. The molecule has 0 bridgehead atoms. The Morgan fingerprint density at radius 3 is 2.85 bits per heavy atom. The predicted octanol–water partition coefficient (Wildman–Crippen LogP) is 2.69. The molecule has 2 aliphatic rings. The Bertz CT molecular complexity index is 893. The number of nitrogens with one attached hydrogen (secondary N) is 2. The number of hydrogen-bond acceptors (Lipinski definition) is 3. The fourth-order valence-corrected chi connectivity index (χ4v) is 4.22. The van der Waals surface area contributed by atoms with Crippen LogP contribution in [0.5, 0.6) is 0 Å². The summed E-state index contributed by atoms with van der Waals surface area (Å²) < 4.78 is 0. The van der Waals surface area contributed by atoms with Gasteiger partial charge in [0.15, 0.2) is 0 Å². The second-order valence-corrected chi connectivity index (χ2v) is 7.37. The lowest BCUT2D eigenvalue weighted by Gasteiger charge is -2.37. The Morgan fingerprint density at radius 1 is 1.19 bits per heavy atom. The lowest BCUT2D eigenvalue weighted by molar-refractivity contribution is 0.0632.